The average Bonchev–Trinajstić information content (AvgIpc) is 3.92. The number of rotatable bonds is 8. The molecule has 0 N–H and O–H groups in total. The Balaban J connectivity index is 0.000000207. The molecule has 6 heterocycles. The molecule has 62 heavy (non-hydrogen) atoms. The number of nitrogens with zero attached hydrogens (tertiary/aromatic N) is 11. The van der Waals surface area contributed by atoms with Crippen LogP contribution < -0.4 is 19.6 Å². The third-order valence-electron chi connectivity index (χ3n) is 10.6. The summed E-state index contributed by atoms with van der Waals surface area (Å²) in [6, 6.07) is 26.6. The van der Waals surface area contributed by atoms with Crippen LogP contribution in [0.2, 0.25) is 0 Å². The largest absolute Gasteiger partial charge is 0.485 e. The third-order valence-corrected chi connectivity index (χ3v) is 10.6. The van der Waals surface area contributed by atoms with Crippen LogP contribution in [0.3, 0.4) is 0 Å². The van der Waals surface area contributed by atoms with E-state index in [1.807, 2.05) is 36.7 Å². The summed E-state index contributed by atoms with van der Waals surface area (Å²) >= 11 is 0. The Morgan fingerprint density at radius 3 is 1.58 bits per heavy atom. The van der Waals surface area contributed by atoms with Gasteiger partial charge in [-0.1, -0.05) is 69.2 Å². The molecule has 4 aromatic heterocycles. The number of aromatic nitrogens is 7. The maximum atomic E-state index is 5.01. The molecule has 3 aromatic carbocycles. The molecule has 323 valence electrons. The van der Waals surface area contributed by atoms with E-state index in [0.29, 0.717) is 0 Å². The second-order valence-corrected chi connectivity index (χ2v) is 18.0. The van der Waals surface area contributed by atoms with E-state index in [-0.39, 0.29) is 30.9 Å². The number of imidazole rings is 1. The number of unbranched alkanes of at least 4 members (excludes halogenated alkanes) is 1. The Bertz CT molecular complexity index is 2510. The second kappa shape index (κ2) is 17.9. The molecule has 0 aliphatic carbocycles. The normalized spacial score (nSPS) is 13.5. The predicted molar refractivity (Wildman–Crippen MR) is 245 cm³/mol. The van der Waals surface area contributed by atoms with Gasteiger partial charge in [0.2, 0.25) is 0 Å². The Hall–Kier alpha value is -5.71. The van der Waals surface area contributed by atoms with E-state index in [0.717, 1.165) is 94.3 Å². The summed E-state index contributed by atoms with van der Waals surface area (Å²) in [4.78, 5) is 36.7. The van der Waals surface area contributed by atoms with Crippen LogP contribution in [0.15, 0.2) is 85.7 Å². The first-order chi connectivity index (χ1) is 29.2. The van der Waals surface area contributed by atoms with Crippen LogP contribution in [0.1, 0.15) is 88.0 Å². The van der Waals surface area contributed by atoms with Gasteiger partial charge in [0.25, 0.3) is 0 Å². The van der Waals surface area contributed by atoms with E-state index in [2.05, 4.69) is 174 Å². The molecule has 0 saturated heterocycles. The SMILES string of the molecule is CC(C)(C)c1nc2c(-c3[c-]cccc3)nccn2c1C(C)(C)C.Cc1[c-]c(N2[CH-]N(CCCCN3[CH-]N(c4[c-]c(C)cc(C)c4)c4nccnc43)c3nccnc32)cc(C)c1.[Ir]. The van der Waals surface area contributed by atoms with Gasteiger partial charge in [0, 0.05) is 73.8 Å². The van der Waals surface area contributed by atoms with Crippen molar-refractivity contribution >= 4 is 40.3 Å². The summed E-state index contributed by atoms with van der Waals surface area (Å²) in [6.07, 6.45) is 12.8. The maximum Gasteiger partial charge on any atom is 0.143 e. The summed E-state index contributed by atoms with van der Waals surface area (Å²) in [5.41, 5.74) is 11.7. The third kappa shape index (κ3) is 9.22. The Labute approximate surface area is 380 Å². The number of benzene rings is 3. The van der Waals surface area contributed by atoms with Gasteiger partial charge in [-0.25, -0.2) is 24.9 Å². The fraction of sp³-hybridized carbons (Fsp3) is 0.320. The quantitative estimate of drug-likeness (QED) is 0.108. The summed E-state index contributed by atoms with van der Waals surface area (Å²) in [7, 11) is 0. The van der Waals surface area contributed by atoms with Crippen LogP contribution in [0.5, 0.6) is 0 Å². The first-order valence-corrected chi connectivity index (χ1v) is 21.0. The van der Waals surface area contributed by atoms with E-state index in [4.69, 9.17) is 4.98 Å². The van der Waals surface area contributed by atoms with Crippen LogP contribution in [0, 0.1) is 59.2 Å². The number of hydrogen-bond donors (Lipinski definition) is 0. The van der Waals surface area contributed by atoms with Gasteiger partial charge >= 0.3 is 0 Å². The van der Waals surface area contributed by atoms with Gasteiger partial charge in [-0.05, 0) is 25.9 Å². The molecule has 7 aromatic rings. The first kappa shape index (κ1) is 44.3. The van der Waals surface area contributed by atoms with Crippen molar-refractivity contribution in [2.45, 2.75) is 92.9 Å². The molecule has 0 bridgehead atoms. The number of hydrogen-bond acceptors (Lipinski definition) is 10. The van der Waals surface area contributed by atoms with Crippen LogP contribution in [0.25, 0.3) is 16.9 Å². The van der Waals surface area contributed by atoms with E-state index >= 15 is 0 Å². The van der Waals surface area contributed by atoms with Crippen molar-refractivity contribution in [3.63, 3.8) is 0 Å². The van der Waals surface area contributed by atoms with Crippen molar-refractivity contribution < 1.29 is 20.1 Å². The fourth-order valence-corrected chi connectivity index (χ4v) is 8.09. The molecule has 11 nitrogen and oxygen atoms in total. The minimum atomic E-state index is -0.0215. The molecule has 1 radical (unpaired) electrons. The predicted octanol–water partition coefficient (Wildman–Crippen LogP) is 10.5. The van der Waals surface area contributed by atoms with Gasteiger partial charge in [0.05, 0.1) is 11.4 Å². The van der Waals surface area contributed by atoms with E-state index in [9.17, 15) is 0 Å². The van der Waals surface area contributed by atoms with Gasteiger partial charge in [0.15, 0.2) is 0 Å². The summed E-state index contributed by atoms with van der Waals surface area (Å²) in [5, 5.41) is 0. The van der Waals surface area contributed by atoms with Crippen molar-refractivity contribution in [1.82, 2.24) is 34.3 Å². The standard InChI is InChI=1S/C30H30N8.C20H24N3.Ir/c1-21-13-22(2)16-25(15-21)37-19-35(27-29(37)33-9-7-31-27)11-5-6-12-36-20-38(30-28(36)32-8-10-34-30)26-17-23(3)14-24(4)18-26;1-19(2,3)16-17(20(4,5)6)23-13-12-21-15(18(23)22-16)14-10-8-7-9-11-14;/h7-10,13-15,17,19-20H,5-6,11-12H2,1-4H3;7-10,12-13H,1-6H3;/q-4;-1;. The van der Waals surface area contributed by atoms with Gasteiger partial charge in [-0.15, -0.1) is 72.7 Å². The summed E-state index contributed by atoms with van der Waals surface area (Å²) in [6.45, 7) is 27.6. The molecular weight excluding hydrogens is 947 g/mol. The topological polar surface area (TPSA) is 94.7 Å². The molecule has 2 aliphatic heterocycles. The van der Waals surface area contributed by atoms with Crippen molar-refractivity contribution in [1.29, 1.82) is 0 Å². The number of fused-ring (bicyclic) bond motifs is 3. The zero-order chi connectivity index (χ0) is 43.1. The average molecular weight is 1000 g/mol. The molecule has 0 amide bonds. The molecule has 2 aliphatic rings. The van der Waals surface area contributed by atoms with E-state index < -0.39 is 0 Å². The number of aryl methyl sites for hydroxylation is 4. The van der Waals surface area contributed by atoms with Crippen molar-refractivity contribution in [3.8, 4) is 11.3 Å². The molecule has 0 unspecified atom stereocenters. The molecular formula is C50H54IrN11-5. The van der Waals surface area contributed by atoms with E-state index in [1.54, 1.807) is 24.8 Å². The van der Waals surface area contributed by atoms with Crippen LogP contribution in [0.4, 0.5) is 34.6 Å². The van der Waals surface area contributed by atoms with Gasteiger partial charge in [0.1, 0.15) is 28.9 Å². The minimum Gasteiger partial charge on any atom is -0.485 e. The van der Waals surface area contributed by atoms with E-state index in [1.165, 1.54) is 16.8 Å². The Kier molecular flexibility index (Phi) is 12.8. The summed E-state index contributed by atoms with van der Waals surface area (Å²) in [5.74, 6) is 3.43. The van der Waals surface area contributed by atoms with Gasteiger partial charge in [-0.3, -0.25) is 4.98 Å². The van der Waals surface area contributed by atoms with Crippen LogP contribution in [-0.4, -0.2) is 47.4 Å². The molecule has 0 saturated carbocycles. The molecule has 0 spiro atoms. The number of anilines is 6. The maximum absolute atomic E-state index is 5.01. The minimum absolute atomic E-state index is 0. The molecule has 9 rings (SSSR count). The Morgan fingerprint density at radius 1 is 0.613 bits per heavy atom. The van der Waals surface area contributed by atoms with Crippen LogP contribution in [-0.2, 0) is 30.9 Å². The van der Waals surface area contributed by atoms with Crippen molar-refractivity contribution in [3.05, 3.63) is 151 Å². The summed E-state index contributed by atoms with van der Waals surface area (Å²) < 4.78 is 2.20. The van der Waals surface area contributed by atoms with Crippen LogP contribution >= 0.6 is 0 Å². The zero-order valence-corrected chi connectivity index (χ0v) is 39.7. The molecule has 0 fully saturated rings. The second-order valence-electron chi connectivity index (χ2n) is 18.0. The fourth-order valence-electron chi connectivity index (χ4n) is 8.09. The van der Waals surface area contributed by atoms with Crippen molar-refractivity contribution in [2.75, 3.05) is 32.7 Å². The molecule has 12 heteroatoms. The Morgan fingerprint density at radius 2 is 1.13 bits per heavy atom. The molecule has 0 atom stereocenters. The van der Waals surface area contributed by atoms with Gasteiger partial charge < -0.3 is 24.0 Å². The first-order valence-electron chi connectivity index (χ1n) is 21.0. The zero-order valence-electron chi connectivity index (χ0n) is 37.3. The van der Waals surface area contributed by atoms with Gasteiger partial charge in [-0.2, -0.15) is 46.5 Å². The monoisotopic (exact) mass is 1000 g/mol. The smallest absolute Gasteiger partial charge is 0.143 e. The van der Waals surface area contributed by atoms with Crippen molar-refractivity contribution in [2.24, 2.45) is 0 Å².